The first kappa shape index (κ1) is 27.3. The fourth-order valence-corrected chi connectivity index (χ4v) is 4.58. The summed E-state index contributed by atoms with van der Waals surface area (Å²) in [6.07, 6.45) is -4.86. The van der Waals surface area contributed by atoms with Gasteiger partial charge in [-0.05, 0) is 25.5 Å². The SMILES string of the molecule is CCS(=O)(=O)c1cc(OC(C)(C)C#N)cnc1NCc1cc(C(F)(F)C(F)(F)F)sc1C(=O)O. The average Bonchev–Trinajstić information content (AvgIpc) is 3.17. The molecule has 0 saturated carbocycles. The Kier molecular flexibility index (Phi) is 7.48. The van der Waals surface area contributed by atoms with Gasteiger partial charge in [0.1, 0.15) is 27.4 Å². The molecule has 0 bridgehead atoms. The number of carbonyl (C=O) groups is 1. The number of nitrogens with zero attached hydrogens (tertiary/aromatic N) is 2. The van der Waals surface area contributed by atoms with Crippen LogP contribution in [0, 0.1) is 11.3 Å². The molecule has 2 aromatic rings. The van der Waals surface area contributed by atoms with E-state index in [9.17, 15) is 40.3 Å². The number of ether oxygens (including phenoxy) is 1. The minimum atomic E-state index is -5.94. The summed E-state index contributed by atoms with van der Waals surface area (Å²) in [5, 5.41) is 20.8. The van der Waals surface area contributed by atoms with Crippen LogP contribution < -0.4 is 10.1 Å². The number of nitrogens with one attached hydrogen (secondary N) is 1. The zero-order chi connectivity index (χ0) is 26.1. The molecule has 0 spiro atoms. The van der Waals surface area contributed by atoms with Gasteiger partial charge in [0.2, 0.25) is 0 Å². The predicted molar refractivity (Wildman–Crippen MR) is 111 cm³/mol. The second-order valence-corrected chi connectivity index (χ2v) is 10.6. The summed E-state index contributed by atoms with van der Waals surface area (Å²) in [7, 11) is -3.95. The third-order valence-electron chi connectivity index (χ3n) is 4.30. The van der Waals surface area contributed by atoms with Crippen LogP contribution in [0.1, 0.15) is 40.9 Å². The molecule has 0 amide bonds. The summed E-state index contributed by atoms with van der Waals surface area (Å²) >= 11 is -0.237. The highest BCUT2D eigenvalue weighted by atomic mass is 32.2. The maximum absolute atomic E-state index is 13.7. The molecule has 2 heterocycles. The zero-order valence-corrected chi connectivity index (χ0v) is 19.5. The minimum absolute atomic E-state index is 0.0713. The molecule has 0 atom stereocenters. The number of hydrogen-bond donors (Lipinski definition) is 2. The number of aromatic carboxylic acids is 1. The predicted octanol–water partition coefficient (Wildman–Crippen LogP) is 4.58. The smallest absolute Gasteiger partial charge is 0.458 e. The van der Waals surface area contributed by atoms with Gasteiger partial charge in [-0.3, -0.25) is 0 Å². The number of thiophene rings is 1. The van der Waals surface area contributed by atoms with Crippen molar-refractivity contribution in [2.24, 2.45) is 0 Å². The molecule has 15 heteroatoms. The summed E-state index contributed by atoms with van der Waals surface area (Å²) in [6, 6.07) is 3.32. The van der Waals surface area contributed by atoms with Gasteiger partial charge in [0.15, 0.2) is 15.4 Å². The van der Waals surface area contributed by atoms with Crippen LogP contribution >= 0.6 is 11.3 Å². The molecular formula is C19H18F5N3O5S2. The molecule has 2 N–H and O–H groups in total. The van der Waals surface area contributed by atoms with E-state index in [0.29, 0.717) is 6.07 Å². The van der Waals surface area contributed by atoms with E-state index < -0.39 is 60.3 Å². The first-order valence-electron chi connectivity index (χ1n) is 9.33. The Labute approximate surface area is 194 Å². The van der Waals surface area contributed by atoms with Crippen molar-refractivity contribution in [1.82, 2.24) is 4.98 Å². The molecule has 0 unspecified atom stereocenters. The minimum Gasteiger partial charge on any atom is -0.477 e. The van der Waals surface area contributed by atoms with E-state index in [4.69, 9.17) is 10.00 Å². The molecule has 0 radical (unpaired) electrons. The van der Waals surface area contributed by atoms with Crippen LogP contribution in [0.15, 0.2) is 23.2 Å². The molecule has 0 aromatic carbocycles. The zero-order valence-electron chi connectivity index (χ0n) is 17.8. The fourth-order valence-electron chi connectivity index (χ4n) is 2.54. The van der Waals surface area contributed by atoms with Gasteiger partial charge in [-0.2, -0.15) is 27.2 Å². The molecule has 2 rings (SSSR count). The van der Waals surface area contributed by atoms with E-state index >= 15 is 0 Å². The highest BCUT2D eigenvalue weighted by Gasteiger charge is 2.60. The fraction of sp³-hybridized carbons (Fsp3) is 0.421. The van der Waals surface area contributed by atoms with Crippen molar-refractivity contribution in [2.75, 3.05) is 11.1 Å². The molecule has 0 aliphatic heterocycles. The lowest BCUT2D eigenvalue weighted by atomic mass is 10.2. The monoisotopic (exact) mass is 527 g/mol. The standard InChI is InChI=1S/C19H18F5N3O5S2/c1-4-34(30,31)12-6-11(32-17(2,3)9-25)8-27-15(12)26-7-10-5-13(33-14(10)16(28)29)18(20,21)19(22,23)24/h5-6,8H,4,7H2,1-3H3,(H,26,27)(H,28,29). The number of rotatable bonds is 9. The lowest BCUT2D eigenvalue weighted by Gasteiger charge is -2.19. The Hall–Kier alpha value is -2.99. The number of pyridine rings is 1. The topological polar surface area (TPSA) is 129 Å². The number of carboxylic acids is 1. The van der Waals surface area contributed by atoms with Crippen molar-refractivity contribution in [1.29, 1.82) is 5.26 Å². The van der Waals surface area contributed by atoms with Crippen molar-refractivity contribution in [3.8, 4) is 11.8 Å². The van der Waals surface area contributed by atoms with Crippen molar-refractivity contribution < 1.29 is 45.0 Å². The molecule has 0 fully saturated rings. The first-order valence-corrected chi connectivity index (χ1v) is 11.8. The summed E-state index contributed by atoms with van der Waals surface area (Å²) in [4.78, 5) is 12.6. The molecule has 8 nitrogen and oxygen atoms in total. The van der Waals surface area contributed by atoms with Crippen LogP contribution in [0.25, 0.3) is 0 Å². The Morgan fingerprint density at radius 2 is 1.88 bits per heavy atom. The Morgan fingerprint density at radius 1 is 1.26 bits per heavy atom. The summed E-state index contributed by atoms with van der Waals surface area (Å²) in [5.74, 6) is -7.77. The maximum atomic E-state index is 13.7. The van der Waals surface area contributed by atoms with Crippen molar-refractivity contribution in [3.05, 3.63) is 33.6 Å². The molecule has 2 aromatic heterocycles. The van der Waals surface area contributed by atoms with Crippen LogP contribution in [0.5, 0.6) is 5.75 Å². The van der Waals surface area contributed by atoms with Crippen LogP contribution in [-0.4, -0.2) is 42.0 Å². The molecule has 0 saturated heterocycles. The summed E-state index contributed by atoms with van der Waals surface area (Å²) in [5.41, 5.74) is -1.75. The Balaban J connectivity index is 2.47. The van der Waals surface area contributed by atoms with E-state index in [1.54, 1.807) is 0 Å². The van der Waals surface area contributed by atoms with E-state index in [-0.39, 0.29) is 28.7 Å². The highest BCUT2D eigenvalue weighted by molar-refractivity contribution is 7.91. The highest BCUT2D eigenvalue weighted by Crippen LogP contribution is 2.47. The van der Waals surface area contributed by atoms with Crippen molar-refractivity contribution >= 4 is 33.0 Å². The molecule has 34 heavy (non-hydrogen) atoms. The maximum Gasteiger partial charge on any atom is 0.458 e. The van der Waals surface area contributed by atoms with Crippen LogP contribution in [0.3, 0.4) is 0 Å². The van der Waals surface area contributed by atoms with E-state index in [2.05, 4.69) is 10.3 Å². The van der Waals surface area contributed by atoms with Gasteiger partial charge in [0.25, 0.3) is 0 Å². The number of sulfone groups is 1. The van der Waals surface area contributed by atoms with Gasteiger partial charge in [-0.15, -0.1) is 11.3 Å². The number of aromatic nitrogens is 1. The normalized spacial score (nSPS) is 12.8. The van der Waals surface area contributed by atoms with Gasteiger partial charge >= 0.3 is 18.1 Å². The van der Waals surface area contributed by atoms with Crippen LogP contribution in [0.4, 0.5) is 27.8 Å². The van der Waals surface area contributed by atoms with E-state index in [0.717, 1.165) is 12.3 Å². The van der Waals surface area contributed by atoms with Gasteiger partial charge in [-0.25, -0.2) is 18.2 Å². The third-order valence-corrected chi connectivity index (χ3v) is 7.28. The van der Waals surface area contributed by atoms with Gasteiger partial charge < -0.3 is 15.2 Å². The summed E-state index contributed by atoms with van der Waals surface area (Å²) in [6.45, 7) is 3.56. The molecule has 186 valence electrons. The number of alkyl halides is 5. The first-order chi connectivity index (χ1) is 15.4. The molecular weight excluding hydrogens is 509 g/mol. The summed E-state index contributed by atoms with van der Waals surface area (Å²) < 4.78 is 95.9. The van der Waals surface area contributed by atoms with Crippen molar-refractivity contribution in [3.63, 3.8) is 0 Å². The van der Waals surface area contributed by atoms with E-state index in [1.165, 1.54) is 20.8 Å². The number of nitriles is 1. The second-order valence-electron chi connectivity index (χ2n) is 7.34. The molecule has 0 aliphatic rings. The van der Waals surface area contributed by atoms with Gasteiger partial charge in [-0.1, -0.05) is 6.92 Å². The Morgan fingerprint density at radius 3 is 2.38 bits per heavy atom. The lowest BCUT2D eigenvalue weighted by molar-refractivity contribution is -0.287. The number of hydrogen-bond acceptors (Lipinski definition) is 8. The largest absolute Gasteiger partial charge is 0.477 e. The van der Waals surface area contributed by atoms with Gasteiger partial charge in [0.05, 0.1) is 16.8 Å². The average molecular weight is 527 g/mol. The quantitative estimate of drug-likeness (QED) is 0.454. The van der Waals surface area contributed by atoms with Crippen LogP contribution in [0.2, 0.25) is 0 Å². The second kappa shape index (κ2) is 9.34. The number of anilines is 1. The number of carboxylic acid groups (broad SMARTS) is 1. The van der Waals surface area contributed by atoms with Gasteiger partial charge in [0, 0.05) is 12.6 Å². The Bertz CT molecular complexity index is 1230. The lowest BCUT2D eigenvalue weighted by Crippen LogP contribution is -2.32. The van der Waals surface area contributed by atoms with Crippen molar-refractivity contribution in [2.45, 2.75) is 49.9 Å². The third kappa shape index (κ3) is 5.73. The van der Waals surface area contributed by atoms with E-state index in [1.807, 2.05) is 6.07 Å². The number of halogens is 5. The molecule has 0 aliphatic carbocycles. The van der Waals surface area contributed by atoms with Crippen LogP contribution in [-0.2, 0) is 22.3 Å².